The minimum atomic E-state index is 0.149. The number of aromatic nitrogens is 2. The highest BCUT2D eigenvalue weighted by Gasteiger charge is 2.42. The van der Waals surface area contributed by atoms with Crippen LogP contribution in [0.4, 0.5) is 0 Å². The molecule has 138 valence electrons. The number of carbonyl (C=O) groups is 1. The Bertz CT molecular complexity index is 773. The highest BCUT2D eigenvalue weighted by atomic mass is 16.5. The molecule has 1 amide bonds. The average Bonchev–Trinajstić information content (AvgIpc) is 3.37. The van der Waals surface area contributed by atoms with Gasteiger partial charge in [-0.3, -0.25) is 4.79 Å². The fourth-order valence-corrected chi connectivity index (χ4v) is 4.10. The van der Waals surface area contributed by atoms with Crippen LogP contribution in [-0.2, 0) is 11.2 Å². The quantitative estimate of drug-likeness (QED) is 0.879. The van der Waals surface area contributed by atoms with Gasteiger partial charge in [-0.15, -0.1) is 0 Å². The van der Waals surface area contributed by atoms with Crippen molar-refractivity contribution >= 4 is 5.91 Å². The van der Waals surface area contributed by atoms with Crippen LogP contribution in [0, 0.1) is 11.8 Å². The topological polar surface area (TPSA) is 94.5 Å². The van der Waals surface area contributed by atoms with E-state index in [1.54, 1.807) is 7.11 Å². The molecule has 3 unspecified atom stereocenters. The molecule has 7 heteroatoms. The van der Waals surface area contributed by atoms with Gasteiger partial charge in [0.25, 0.3) is 0 Å². The van der Waals surface area contributed by atoms with E-state index in [0.29, 0.717) is 36.4 Å². The summed E-state index contributed by atoms with van der Waals surface area (Å²) in [5, 5.41) is 4.01. The Labute approximate surface area is 152 Å². The lowest BCUT2D eigenvalue weighted by Crippen LogP contribution is -2.33. The molecule has 2 N–H and O–H groups in total. The number of nitrogens with two attached hydrogens (primary N) is 1. The average molecular weight is 356 g/mol. The van der Waals surface area contributed by atoms with Crippen molar-refractivity contribution in [3.63, 3.8) is 0 Å². The van der Waals surface area contributed by atoms with E-state index >= 15 is 0 Å². The van der Waals surface area contributed by atoms with Crippen molar-refractivity contribution in [1.82, 2.24) is 15.0 Å². The Morgan fingerprint density at radius 1 is 1.31 bits per heavy atom. The monoisotopic (exact) mass is 356 g/mol. The van der Waals surface area contributed by atoms with Crippen LogP contribution in [0.2, 0.25) is 0 Å². The Morgan fingerprint density at radius 3 is 2.85 bits per heavy atom. The van der Waals surface area contributed by atoms with E-state index in [9.17, 15) is 4.79 Å². The summed E-state index contributed by atoms with van der Waals surface area (Å²) in [6.07, 6.45) is 3.08. The van der Waals surface area contributed by atoms with Gasteiger partial charge in [-0.1, -0.05) is 5.16 Å². The number of carbonyl (C=O) groups excluding carboxylic acids is 1. The fraction of sp³-hybridized carbons (Fsp3) is 0.526. The van der Waals surface area contributed by atoms with Crippen molar-refractivity contribution in [3.8, 4) is 17.1 Å². The van der Waals surface area contributed by atoms with Gasteiger partial charge in [0, 0.05) is 37.5 Å². The second-order valence-corrected chi connectivity index (χ2v) is 7.20. The van der Waals surface area contributed by atoms with E-state index in [4.69, 9.17) is 15.0 Å². The molecule has 0 spiro atoms. The standard InChI is InChI=1S/C19H24N4O3/c1-25-14-5-2-12(3-6-14)19-21-17(26-22-19)8-9-18(24)23-10-13-4-7-16(20)15(13)11-23/h2-3,5-6,13,15-16H,4,7-11,20H2,1H3. The molecule has 0 radical (unpaired) electrons. The van der Waals surface area contributed by atoms with Crippen LogP contribution in [0.3, 0.4) is 0 Å². The van der Waals surface area contributed by atoms with Gasteiger partial charge in [0.05, 0.1) is 7.11 Å². The second kappa shape index (κ2) is 7.07. The lowest BCUT2D eigenvalue weighted by molar-refractivity contribution is -0.130. The molecule has 1 aliphatic carbocycles. The van der Waals surface area contributed by atoms with E-state index in [-0.39, 0.29) is 11.9 Å². The highest BCUT2D eigenvalue weighted by molar-refractivity contribution is 5.76. The zero-order valence-corrected chi connectivity index (χ0v) is 14.9. The molecule has 7 nitrogen and oxygen atoms in total. The van der Waals surface area contributed by atoms with Crippen LogP contribution in [0.15, 0.2) is 28.8 Å². The molecule has 3 atom stereocenters. The van der Waals surface area contributed by atoms with Crippen LogP contribution < -0.4 is 10.5 Å². The van der Waals surface area contributed by atoms with Crippen LogP contribution >= 0.6 is 0 Å². The molecular weight excluding hydrogens is 332 g/mol. The first-order chi connectivity index (χ1) is 12.6. The van der Waals surface area contributed by atoms with Crippen molar-refractivity contribution in [2.45, 2.75) is 31.7 Å². The Morgan fingerprint density at radius 2 is 2.12 bits per heavy atom. The number of ether oxygens (including phenoxy) is 1. The van der Waals surface area contributed by atoms with E-state index in [2.05, 4.69) is 10.1 Å². The number of nitrogens with zero attached hydrogens (tertiary/aromatic N) is 3. The summed E-state index contributed by atoms with van der Waals surface area (Å²) in [7, 11) is 1.62. The van der Waals surface area contributed by atoms with Crippen molar-refractivity contribution in [1.29, 1.82) is 0 Å². The minimum absolute atomic E-state index is 0.149. The molecule has 2 aliphatic rings. The van der Waals surface area contributed by atoms with Gasteiger partial charge in [-0.25, -0.2) is 0 Å². The zero-order valence-electron chi connectivity index (χ0n) is 14.9. The molecule has 1 aliphatic heterocycles. The number of aryl methyl sites for hydroxylation is 1. The number of methoxy groups -OCH3 is 1. The molecule has 4 rings (SSSR count). The largest absolute Gasteiger partial charge is 0.497 e. The summed E-state index contributed by atoms with van der Waals surface area (Å²) in [4.78, 5) is 18.8. The SMILES string of the molecule is COc1ccc(-c2noc(CCC(=O)N3CC4CCC(N)C4C3)n2)cc1. The highest BCUT2D eigenvalue weighted by Crippen LogP contribution is 2.37. The van der Waals surface area contributed by atoms with Crippen LogP contribution in [-0.4, -0.2) is 47.2 Å². The fourth-order valence-electron chi connectivity index (χ4n) is 4.10. The van der Waals surface area contributed by atoms with Gasteiger partial charge in [0.1, 0.15) is 5.75 Å². The van der Waals surface area contributed by atoms with Gasteiger partial charge in [-0.05, 0) is 48.9 Å². The summed E-state index contributed by atoms with van der Waals surface area (Å²) in [5.41, 5.74) is 7.00. The predicted molar refractivity (Wildman–Crippen MR) is 95.4 cm³/mol. The lowest BCUT2D eigenvalue weighted by atomic mass is 9.98. The van der Waals surface area contributed by atoms with E-state index < -0.39 is 0 Å². The Balaban J connectivity index is 1.32. The number of fused-ring (bicyclic) bond motifs is 1. The van der Waals surface area contributed by atoms with E-state index in [1.165, 1.54) is 0 Å². The van der Waals surface area contributed by atoms with Crippen LogP contribution in [0.1, 0.15) is 25.2 Å². The smallest absolute Gasteiger partial charge is 0.227 e. The molecule has 1 aromatic carbocycles. The third-order valence-electron chi connectivity index (χ3n) is 5.63. The number of hydrogen-bond acceptors (Lipinski definition) is 6. The lowest BCUT2D eigenvalue weighted by Gasteiger charge is -2.18. The van der Waals surface area contributed by atoms with E-state index in [0.717, 1.165) is 37.2 Å². The maximum Gasteiger partial charge on any atom is 0.227 e. The van der Waals surface area contributed by atoms with Crippen molar-refractivity contribution in [2.75, 3.05) is 20.2 Å². The van der Waals surface area contributed by atoms with Crippen molar-refractivity contribution < 1.29 is 14.1 Å². The number of hydrogen-bond donors (Lipinski definition) is 1. The van der Waals surface area contributed by atoms with Gasteiger partial charge in [-0.2, -0.15) is 4.98 Å². The molecule has 2 aromatic rings. The molecule has 1 saturated heterocycles. The molecule has 2 heterocycles. The van der Waals surface area contributed by atoms with Crippen LogP contribution in [0.5, 0.6) is 5.75 Å². The third-order valence-corrected chi connectivity index (χ3v) is 5.63. The summed E-state index contributed by atoms with van der Waals surface area (Å²) < 4.78 is 10.4. The van der Waals surface area contributed by atoms with Gasteiger partial charge in [0.2, 0.25) is 17.6 Å². The van der Waals surface area contributed by atoms with Gasteiger partial charge >= 0.3 is 0 Å². The minimum Gasteiger partial charge on any atom is -0.497 e. The van der Waals surface area contributed by atoms with E-state index in [1.807, 2.05) is 29.2 Å². The molecule has 1 aromatic heterocycles. The number of rotatable bonds is 5. The maximum absolute atomic E-state index is 12.5. The predicted octanol–water partition coefficient (Wildman–Crippen LogP) is 1.87. The number of benzene rings is 1. The molecule has 0 bridgehead atoms. The first-order valence-corrected chi connectivity index (χ1v) is 9.14. The Hall–Kier alpha value is -2.41. The molecular formula is C19H24N4O3. The summed E-state index contributed by atoms with van der Waals surface area (Å²) in [6.45, 7) is 1.64. The molecule has 26 heavy (non-hydrogen) atoms. The Kier molecular flexibility index (Phi) is 4.63. The van der Waals surface area contributed by atoms with Gasteiger partial charge in [0.15, 0.2) is 0 Å². The third kappa shape index (κ3) is 3.31. The zero-order chi connectivity index (χ0) is 18.1. The second-order valence-electron chi connectivity index (χ2n) is 7.20. The molecule has 2 fully saturated rings. The first kappa shape index (κ1) is 17.0. The maximum atomic E-state index is 12.5. The first-order valence-electron chi connectivity index (χ1n) is 9.14. The van der Waals surface area contributed by atoms with Gasteiger partial charge < -0.3 is 19.9 Å². The van der Waals surface area contributed by atoms with Crippen LogP contribution in [0.25, 0.3) is 11.4 Å². The summed E-state index contributed by atoms with van der Waals surface area (Å²) in [6, 6.07) is 7.71. The van der Waals surface area contributed by atoms with Crippen molar-refractivity contribution in [2.24, 2.45) is 17.6 Å². The summed E-state index contributed by atoms with van der Waals surface area (Å²) in [5.74, 6) is 2.99. The summed E-state index contributed by atoms with van der Waals surface area (Å²) >= 11 is 0. The number of amides is 1. The normalized spacial score (nSPS) is 24.7. The molecule has 1 saturated carbocycles. The van der Waals surface area contributed by atoms with Crippen molar-refractivity contribution in [3.05, 3.63) is 30.2 Å². The number of likely N-dealkylation sites (tertiary alicyclic amines) is 1.